The summed E-state index contributed by atoms with van der Waals surface area (Å²) in [5.74, 6) is 0.322. The van der Waals surface area contributed by atoms with Gasteiger partial charge in [0.2, 0.25) is 0 Å². The summed E-state index contributed by atoms with van der Waals surface area (Å²) in [7, 11) is 0. The van der Waals surface area contributed by atoms with Crippen molar-refractivity contribution in [1.29, 1.82) is 0 Å². The second-order valence-electron chi connectivity index (χ2n) is 5.27. The van der Waals surface area contributed by atoms with Gasteiger partial charge in [0.1, 0.15) is 18.1 Å². The average Bonchev–Trinajstić information content (AvgIpc) is 2.62. The Kier molecular flexibility index (Phi) is 4.77. The zero-order chi connectivity index (χ0) is 16.8. The molecule has 0 aliphatic heterocycles. The number of phenolic OH excluding ortho intramolecular Hbond substituents is 1. The van der Waals surface area contributed by atoms with E-state index in [0.29, 0.717) is 12.3 Å². The van der Waals surface area contributed by atoms with E-state index >= 15 is 0 Å². The van der Waals surface area contributed by atoms with Gasteiger partial charge < -0.3 is 15.2 Å². The zero-order valence-electron chi connectivity index (χ0n) is 13.0. The highest BCUT2D eigenvalue weighted by atomic mass is 16.5. The molecule has 0 saturated heterocycles. The van der Waals surface area contributed by atoms with E-state index in [9.17, 15) is 9.90 Å². The van der Waals surface area contributed by atoms with E-state index in [-0.39, 0.29) is 17.2 Å². The van der Waals surface area contributed by atoms with Crippen molar-refractivity contribution in [2.75, 3.05) is 5.32 Å². The first-order chi connectivity index (χ1) is 11.7. The number of amides is 1. The minimum absolute atomic E-state index is 0.0437. The summed E-state index contributed by atoms with van der Waals surface area (Å²) in [5.41, 5.74) is 1.96. The van der Waals surface area contributed by atoms with Crippen LogP contribution in [-0.4, -0.2) is 11.0 Å². The third kappa shape index (κ3) is 3.93. The van der Waals surface area contributed by atoms with Crippen LogP contribution < -0.4 is 10.1 Å². The van der Waals surface area contributed by atoms with Crippen LogP contribution in [-0.2, 0) is 6.61 Å². The van der Waals surface area contributed by atoms with Gasteiger partial charge in [-0.2, -0.15) is 0 Å². The van der Waals surface area contributed by atoms with Crippen molar-refractivity contribution in [2.45, 2.75) is 6.61 Å². The quantitative estimate of drug-likeness (QED) is 0.740. The van der Waals surface area contributed by atoms with E-state index < -0.39 is 0 Å². The molecule has 0 radical (unpaired) electrons. The zero-order valence-corrected chi connectivity index (χ0v) is 13.0. The average molecular weight is 319 g/mol. The van der Waals surface area contributed by atoms with Crippen molar-refractivity contribution in [1.82, 2.24) is 0 Å². The first-order valence-electron chi connectivity index (χ1n) is 7.58. The highest BCUT2D eigenvalue weighted by Crippen LogP contribution is 2.20. The number of para-hydroxylation sites is 1. The van der Waals surface area contributed by atoms with Crippen molar-refractivity contribution in [3.8, 4) is 11.5 Å². The molecular weight excluding hydrogens is 302 g/mol. The van der Waals surface area contributed by atoms with Crippen LogP contribution in [0.15, 0.2) is 78.9 Å². The van der Waals surface area contributed by atoms with Crippen LogP contribution >= 0.6 is 0 Å². The molecule has 0 bridgehead atoms. The number of ether oxygens (including phenoxy) is 1. The maximum Gasteiger partial charge on any atom is 0.259 e. The number of rotatable bonds is 5. The maximum atomic E-state index is 12.1. The van der Waals surface area contributed by atoms with Gasteiger partial charge in [-0.3, -0.25) is 4.79 Å². The van der Waals surface area contributed by atoms with E-state index in [2.05, 4.69) is 5.32 Å². The molecule has 0 aliphatic rings. The molecule has 120 valence electrons. The highest BCUT2D eigenvalue weighted by molar-refractivity contribution is 6.06. The Labute approximate surface area is 140 Å². The third-order valence-corrected chi connectivity index (χ3v) is 3.51. The van der Waals surface area contributed by atoms with Gasteiger partial charge in [0, 0.05) is 5.69 Å². The normalized spacial score (nSPS) is 10.2. The monoisotopic (exact) mass is 319 g/mol. The fourth-order valence-electron chi connectivity index (χ4n) is 2.24. The summed E-state index contributed by atoms with van der Waals surface area (Å²) < 4.78 is 5.70. The molecule has 3 rings (SSSR count). The highest BCUT2D eigenvalue weighted by Gasteiger charge is 2.10. The van der Waals surface area contributed by atoms with E-state index in [0.717, 1.165) is 11.3 Å². The Balaban J connectivity index is 1.60. The lowest BCUT2D eigenvalue weighted by Gasteiger charge is -2.09. The predicted octanol–water partition coefficient (Wildman–Crippen LogP) is 4.22. The molecule has 3 aromatic rings. The van der Waals surface area contributed by atoms with Gasteiger partial charge in [0.15, 0.2) is 0 Å². The lowest BCUT2D eigenvalue weighted by molar-refractivity contribution is 0.102. The number of hydrogen-bond donors (Lipinski definition) is 2. The van der Waals surface area contributed by atoms with Crippen LogP contribution in [0.2, 0.25) is 0 Å². The Hall–Kier alpha value is -3.27. The number of carbonyl (C=O) groups is 1. The minimum atomic E-state index is -0.356. The number of nitrogens with one attached hydrogen (secondary N) is 1. The minimum Gasteiger partial charge on any atom is -0.507 e. The van der Waals surface area contributed by atoms with Gasteiger partial charge in [-0.15, -0.1) is 0 Å². The molecule has 0 unspecified atom stereocenters. The molecule has 0 fully saturated rings. The topological polar surface area (TPSA) is 58.6 Å². The van der Waals surface area contributed by atoms with Crippen LogP contribution in [0.5, 0.6) is 11.5 Å². The summed E-state index contributed by atoms with van der Waals surface area (Å²) >= 11 is 0. The Morgan fingerprint density at radius 3 is 2.25 bits per heavy atom. The molecule has 24 heavy (non-hydrogen) atoms. The number of aromatic hydroxyl groups is 1. The first kappa shape index (κ1) is 15.6. The second kappa shape index (κ2) is 7.33. The summed E-state index contributed by atoms with van der Waals surface area (Å²) in [5, 5.41) is 12.4. The Morgan fingerprint density at radius 1 is 0.875 bits per heavy atom. The largest absolute Gasteiger partial charge is 0.507 e. The van der Waals surface area contributed by atoms with Crippen LogP contribution in [0, 0.1) is 0 Å². The van der Waals surface area contributed by atoms with E-state index in [1.165, 1.54) is 6.07 Å². The van der Waals surface area contributed by atoms with Crippen LogP contribution in [0.4, 0.5) is 5.69 Å². The van der Waals surface area contributed by atoms with Gasteiger partial charge in [0.05, 0.1) is 5.56 Å². The number of phenols is 1. The van der Waals surface area contributed by atoms with Gasteiger partial charge in [-0.05, 0) is 42.0 Å². The van der Waals surface area contributed by atoms with Gasteiger partial charge in [0.25, 0.3) is 5.91 Å². The van der Waals surface area contributed by atoms with Gasteiger partial charge in [-0.25, -0.2) is 0 Å². The van der Waals surface area contributed by atoms with Crippen LogP contribution in [0.3, 0.4) is 0 Å². The molecule has 1 amide bonds. The third-order valence-electron chi connectivity index (χ3n) is 3.51. The number of benzene rings is 3. The smallest absolute Gasteiger partial charge is 0.259 e. The fourth-order valence-corrected chi connectivity index (χ4v) is 2.24. The van der Waals surface area contributed by atoms with E-state index in [1.807, 2.05) is 30.3 Å². The molecule has 2 N–H and O–H groups in total. The molecule has 0 heterocycles. The number of carbonyl (C=O) groups excluding carboxylic acids is 1. The van der Waals surface area contributed by atoms with Crippen LogP contribution in [0.25, 0.3) is 0 Å². The molecule has 4 heteroatoms. The summed E-state index contributed by atoms with van der Waals surface area (Å²) in [6, 6.07) is 23.4. The summed E-state index contributed by atoms with van der Waals surface area (Å²) in [6.45, 7) is 0.491. The van der Waals surface area contributed by atoms with Crippen molar-refractivity contribution < 1.29 is 14.6 Å². The molecule has 0 saturated carbocycles. The molecule has 3 aromatic carbocycles. The molecular formula is C20H17NO3. The number of hydrogen-bond acceptors (Lipinski definition) is 3. The van der Waals surface area contributed by atoms with Crippen molar-refractivity contribution >= 4 is 11.6 Å². The lowest BCUT2D eigenvalue weighted by atomic mass is 10.2. The summed E-state index contributed by atoms with van der Waals surface area (Å²) in [4.78, 5) is 12.1. The number of anilines is 1. The molecule has 4 nitrogen and oxygen atoms in total. The SMILES string of the molecule is O=C(Nc1ccc(OCc2ccccc2)cc1)c1ccccc1O. The standard InChI is InChI=1S/C20H17NO3/c22-19-9-5-4-8-18(19)20(23)21-16-10-12-17(13-11-16)24-14-15-6-2-1-3-7-15/h1-13,22H,14H2,(H,21,23). The Morgan fingerprint density at radius 2 is 1.54 bits per heavy atom. The van der Waals surface area contributed by atoms with E-state index in [4.69, 9.17) is 4.74 Å². The summed E-state index contributed by atoms with van der Waals surface area (Å²) in [6.07, 6.45) is 0. The fraction of sp³-hybridized carbons (Fsp3) is 0.0500. The van der Waals surface area contributed by atoms with E-state index in [1.54, 1.807) is 42.5 Å². The van der Waals surface area contributed by atoms with Gasteiger partial charge in [-0.1, -0.05) is 42.5 Å². The predicted molar refractivity (Wildman–Crippen MR) is 93.3 cm³/mol. The van der Waals surface area contributed by atoms with Crippen LogP contribution in [0.1, 0.15) is 15.9 Å². The maximum absolute atomic E-state index is 12.1. The van der Waals surface area contributed by atoms with Crippen molar-refractivity contribution in [3.05, 3.63) is 90.0 Å². The van der Waals surface area contributed by atoms with Crippen molar-refractivity contribution in [2.24, 2.45) is 0 Å². The molecule has 0 aromatic heterocycles. The Bertz CT molecular complexity index is 814. The van der Waals surface area contributed by atoms with Gasteiger partial charge >= 0.3 is 0 Å². The molecule has 0 atom stereocenters. The lowest BCUT2D eigenvalue weighted by Crippen LogP contribution is -2.11. The second-order valence-corrected chi connectivity index (χ2v) is 5.27. The molecule has 0 aliphatic carbocycles. The molecule has 0 spiro atoms. The first-order valence-corrected chi connectivity index (χ1v) is 7.58. The van der Waals surface area contributed by atoms with Crippen molar-refractivity contribution in [3.63, 3.8) is 0 Å².